The first kappa shape index (κ1) is 9.30. The number of hydrogen-bond acceptors (Lipinski definition) is 0. The normalized spacial score (nSPS) is 38.1. The molecular weight excluding hydrogens is 247 g/mol. The maximum atomic E-state index is 3.86. The average Bonchev–Trinajstić information content (AvgIpc) is 2.05. The number of hydrogen-bond donors (Lipinski definition) is 0. The van der Waals surface area contributed by atoms with Gasteiger partial charge in [-0.2, -0.15) is 0 Å². The van der Waals surface area contributed by atoms with Gasteiger partial charge in [-0.1, -0.05) is 34.7 Å². The number of alkyl halides is 1. The van der Waals surface area contributed by atoms with Crippen LogP contribution >= 0.6 is 22.6 Å². The lowest BCUT2D eigenvalue weighted by atomic mass is 9.81. The Morgan fingerprint density at radius 3 is 2.45 bits per heavy atom. The standard InChI is InChI=1S/C10H15I/c1-3-8-5-6-10(11)9(4-2)7-8/h3-4,8-10H,1-2,5-7H2/t8-,9+,10+/m0/s1. The zero-order valence-corrected chi connectivity index (χ0v) is 8.96. The van der Waals surface area contributed by atoms with E-state index in [-0.39, 0.29) is 0 Å². The summed E-state index contributed by atoms with van der Waals surface area (Å²) in [6.07, 6.45) is 8.11. The second-order valence-electron chi connectivity index (χ2n) is 3.22. The van der Waals surface area contributed by atoms with E-state index in [9.17, 15) is 0 Å². The van der Waals surface area contributed by atoms with Crippen LogP contribution in [0.4, 0.5) is 0 Å². The second-order valence-corrected chi connectivity index (χ2v) is 4.82. The van der Waals surface area contributed by atoms with E-state index >= 15 is 0 Å². The molecule has 0 aromatic carbocycles. The lowest BCUT2D eigenvalue weighted by Crippen LogP contribution is -2.22. The summed E-state index contributed by atoms with van der Waals surface area (Å²) < 4.78 is 0.807. The van der Waals surface area contributed by atoms with Crippen molar-refractivity contribution in [3.8, 4) is 0 Å². The molecule has 0 nitrogen and oxygen atoms in total. The zero-order chi connectivity index (χ0) is 8.27. The molecule has 0 N–H and O–H groups in total. The Labute approximate surface area is 82.9 Å². The van der Waals surface area contributed by atoms with Crippen molar-refractivity contribution in [2.75, 3.05) is 0 Å². The van der Waals surface area contributed by atoms with Crippen molar-refractivity contribution in [1.82, 2.24) is 0 Å². The highest BCUT2D eigenvalue weighted by Crippen LogP contribution is 2.34. The highest BCUT2D eigenvalue weighted by atomic mass is 127. The first-order chi connectivity index (χ1) is 5.27. The van der Waals surface area contributed by atoms with E-state index in [2.05, 4.69) is 47.9 Å². The molecule has 0 saturated heterocycles. The maximum absolute atomic E-state index is 3.86. The molecule has 0 bridgehead atoms. The Hall–Kier alpha value is 0.210. The van der Waals surface area contributed by atoms with Gasteiger partial charge in [0.1, 0.15) is 0 Å². The largest absolute Gasteiger partial charge is 0.103 e. The number of rotatable bonds is 2. The molecule has 0 aliphatic heterocycles. The smallest absolute Gasteiger partial charge is 0.0173 e. The lowest BCUT2D eigenvalue weighted by molar-refractivity contribution is 0.372. The molecule has 0 unspecified atom stereocenters. The summed E-state index contributed by atoms with van der Waals surface area (Å²) in [6, 6.07) is 0. The zero-order valence-electron chi connectivity index (χ0n) is 6.80. The molecule has 3 atom stereocenters. The molecule has 1 aliphatic carbocycles. The van der Waals surface area contributed by atoms with E-state index < -0.39 is 0 Å². The van der Waals surface area contributed by atoms with Crippen LogP contribution in [0.15, 0.2) is 25.3 Å². The van der Waals surface area contributed by atoms with Crippen LogP contribution in [0.3, 0.4) is 0 Å². The van der Waals surface area contributed by atoms with Gasteiger partial charge in [0, 0.05) is 3.92 Å². The van der Waals surface area contributed by atoms with E-state index in [0.29, 0.717) is 5.92 Å². The van der Waals surface area contributed by atoms with Crippen molar-refractivity contribution in [2.45, 2.75) is 23.2 Å². The van der Waals surface area contributed by atoms with E-state index in [0.717, 1.165) is 9.84 Å². The molecule has 1 saturated carbocycles. The van der Waals surface area contributed by atoms with Gasteiger partial charge in [0.2, 0.25) is 0 Å². The van der Waals surface area contributed by atoms with Crippen molar-refractivity contribution < 1.29 is 0 Å². The fourth-order valence-electron chi connectivity index (χ4n) is 1.66. The quantitative estimate of drug-likeness (QED) is 0.405. The Bertz CT molecular complexity index is 151. The molecule has 0 amide bonds. The molecule has 1 fully saturated rings. The molecule has 62 valence electrons. The first-order valence-electron chi connectivity index (χ1n) is 4.17. The minimum absolute atomic E-state index is 0.715. The van der Waals surface area contributed by atoms with Gasteiger partial charge in [-0.25, -0.2) is 0 Å². The predicted molar refractivity (Wildman–Crippen MR) is 59.0 cm³/mol. The summed E-state index contributed by atoms with van der Waals surface area (Å²) in [5, 5.41) is 0. The molecule has 1 rings (SSSR count). The van der Waals surface area contributed by atoms with Crippen LogP contribution in [0.25, 0.3) is 0 Å². The fourth-order valence-corrected chi connectivity index (χ4v) is 2.61. The molecule has 0 aromatic rings. The van der Waals surface area contributed by atoms with Gasteiger partial charge >= 0.3 is 0 Å². The van der Waals surface area contributed by atoms with Gasteiger partial charge in [-0.3, -0.25) is 0 Å². The van der Waals surface area contributed by atoms with Crippen LogP contribution in [0.1, 0.15) is 19.3 Å². The van der Waals surface area contributed by atoms with Crippen molar-refractivity contribution >= 4 is 22.6 Å². The van der Waals surface area contributed by atoms with Gasteiger partial charge in [-0.05, 0) is 31.1 Å². The average molecular weight is 262 g/mol. The Balaban J connectivity index is 2.50. The molecule has 0 heterocycles. The minimum Gasteiger partial charge on any atom is -0.103 e. The van der Waals surface area contributed by atoms with E-state index in [1.54, 1.807) is 0 Å². The molecular formula is C10H15I. The third kappa shape index (κ3) is 2.32. The maximum Gasteiger partial charge on any atom is 0.0173 e. The van der Waals surface area contributed by atoms with Gasteiger partial charge in [0.05, 0.1) is 0 Å². The highest BCUT2D eigenvalue weighted by molar-refractivity contribution is 14.1. The van der Waals surface area contributed by atoms with Crippen LogP contribution in [-0.2, 0) is 0 Å². The van der Waals surface area contributed by atoms with Crippen LogP contribution in [0.5, 0.6) is 0 Å². The summed E-state index contributed by atoms with van der Waals surface area (Å²) in [4.78, 5) is 0. The van der Waals surface area contributed by atoms with E-state index in [4.69, 9.17) is 0 Å². The predicted octanol–water partition coefficient (Wildman–Crippen LogP) is 3.58. The summed E-state index contributed by atoms with van der Waals surface area (Å²) in [5.41, 5.74) is 0. The Kier molecular flexibility index (Phi) is 3.63. The van der Waals surface area contributed by atoms with Crippen LogP contribution in [0, 0.1) is 11.8 Å². The van der Waals surface area contributed by atoms with Gasteiger partial charge < -0.3 is 0 Å². The molecule has 1 aliphatic rings. The van der Waals surface area contributed by atoms with Gasteiger partial charge in [-0.15, -0.1) is 13.2 Å². The third-order valence-corrected chi connectivity index (χ3v) is 4.04. The van der Waals surface area contributed by atoms with Crippen LogP contribution in [-0.4, -0.2) is 3.92 Å². The number of allylic oxidation sites excluding steroid dienone is 2. The second kappa shape index (κ2) is 4.29. The van der Waals surface area contributed by atoms with Crippen molar-refractivity contribution in [1.29, 1.82) is 0 Å². The molecule has 0 radical (unpaired) electrons. The highest BCUT2D eigenvalue weighted by Gasteiger charge is 2.24. The summed E-state index contributed by atoms with van der Waals surface area (Å²) in [6.45, 7) is 7.71. The van der Waals surface area contributed by atoms with E-state index in [1.807, 2.05) is 0 Å². The summed E-state index contributed by atoms with van der Waals surface area (Å²) in [5.74, 6) is 1.45. The third-order valence-electron chi connectivity index (χ3n) is 2.49. The number of halogens is 1. The minimum atomic E-state index is 0.715. The Morgan fingerprint density at radius 1 is 1.18 bits per heavy atom. The van der Waals surface area contributed by atoms with Crippen LogP contribution < -0.4 is 0 Å². The summed E-state index contributed by atoms with van der Waals surface area (Å²) in [7, 11) is 0. The summed E-state index contributed by atoms with van der Waals surface area (Å²) >= 11 is 2.54. The van der Waals surface area contributed by atoms with Crippen molar-refractivity contribution in [2.24, 2.45) is 11.8 Å². The van der Waals surface area contributed by atoms with Crippen molar-refractivity contribution in [3.05, 3.63) is 25.3 Å². The van der Waals surface area contributed by atoms with E-state index in [1.165, 1.54) is 19.3 Å². The first-order valence-corrected chi connectivity index (χ1v) is 5.41. The molecule has 1 heteroatoms. The fraction of sp³-hybridized carbons (Fsp3) is 0.600. The van der Waals surface area contributed by atoms with Crippen LogP contribution in [0.2, 0.25) is 0 Å². The molecule has 0 aromatic heterocycles. The van der Waals surface area contributed by atoms with Gasteiger partial charge in [0.15, 0.2) is 0 Å². The topological polar surface area (TPSA) is 0 Å². The Morgan fingerprint density at radius 2 is 1.91 bits per heavy atom. The molecule has 0 spiro atoms. The van der Waals surface area contributed by atoms with Gasteiger partial charge in [0.25, 0.3) is 0 Å². The monoisotopic (exact) mass is 262 g/mol. The SMILES string of the molecule is C=C[C@H]1CC[C@@H](I)[C@H](C=C)C1. The van der Waals surface area contributed by atoms with Crippen molar-refractivity contribution in [3.63, 3.8) is 0 Å². The molecule has 11 heavy (non-hydrogen) atoms. The lowest BCUT2D eigenvalue weighted by Gasteiger charge is -2.29.